The van der Waals surface area contributed by atoms with Crippen LogP contribution in [0.3, 0.4) is 0 Å². The Balaban J connectivity index is 1.81. The second kappa shape index (κ2) is 7.51. The van der Waals surface area contributed by atoms with Crippen molar-refractivity contribution < 1.29 is 30.8 Å². The number of nitrogens with one attached hydrogen (secondary N) is 1. The lowest BCUT2D eigenvalue weighted by Gasteiger charge is -2.23. The van der Waals surface area contributed by atoms with Crippen LogP contribution in [0.2, 0.25) is 0 Å². The molecule has 0 saturated carbocycles. The minimum absolute atomic E-state index is 0.0779. The first-order valence-corrected chi connectivity index (χ1v) is 9.78. The largest absolute Gasteiger partial charge is 0.416 e. The Hall–Kier alpha value is -2.46. The Labute approximate surface area is 159 Å². The van der Waals surface area contributed by atoms with E-state index in [0.29, 0.717) is 6.42 Å². The number of halogens is 4. The summed E-state index contributed by atoms with van der Waals surface area (Å²) in [5.41, 5.74) is -1.00. The number of sulfonamides is 1. The van der Waals surface area contributed by atoms with E-state index in [0.717, 1.165) is 46.8 Å². The van der Waals surface area contributed by atoms with E-state index in [4.69, 9.17) is 0 Å². The van der Waals surface area contributed by atoms with Crippen LogP contribution in [0.25, 0.3) is 0 Å². The average molecular weight is 416 g/mol. The minimum atomic E-state index is -4.56. The first-order valence-electron chi connectivity index (χ1n) is 8.34. The van der Waals surface area contributed by atoms with Crippen molar-refractivity contribution in [3.63, 3.8) is 0 Å². The van der Waals surface area contributed by atoms with Gasteiger partial charge in [0, 0.05) is 12.2 Å². The maximum absolute atomic E-state index is 13.1. The van der Waals surface area contributed by atoms with Gasteiger partial charge in [0.1, 0.15) is 11.9 Å². The normalized spacial score (nSPS) is 18.2. The number of hydrogen-bond donors (Lipinski definition) is 1. The van der Waals surface area contributed by atoms with Gasteiger partial charge in [0.05, 0.1) is 10.5 Å². The predicted octanol–water partition coefficient (Wildman–Crippen LogP) is 3.64. The molecule has 2 aromatic carbocycles. The molecule has 1 aliphatic heterocycles. The van der Waals surface area contributed by atoms with Crippen LogP contribution in [0, 0.1) is 5.82 Å². The quantitative estimate of drug-likeness (QED) is 0.774. The van der Waals surface area contributed by atoms with E-state index in [1.54, 1.807) is 0 Å². The fraction of sp³-hybridized carbons (Fsp3) is 0.278. The van der Waals surface area contributed by atoms with Gasteiger partial charge in [-0.15, -0.1) is 0 Å². The molecule has 1 saturated heterocycles. The number of benzene rings is 2. The zero-order chi connectivity index (χ0) is 20.5. The zero-order valence-electron chi connectivity index (χ0n) is 14.4. The fourth-order valence-corrected chi connectivity index (χ4v) is 4.69. The van der Waals surface area contributed by atoms with Crippen molar-refractivity contribution in [3.8, 4) is 0 Å². The van der Waals surface area contributed by atoms with Crippen molar-refractivity contribution >= 4 is 21.6 Å². The Morgan fingerprint density at radius 2 is 1.79 bits per heavy atom. The summed E-state index contributed by atoms with van der Waals surface area (Å²) in [6, 6.07) is 7.24. The number of carbonyl (C=O) groups is 1. The molecule has 0 aliphatic carbocycles. The molecule has 1 fully saturated rings. The average Bonchev–Trinajstić information content (AvgIpc) is 3.12. The molecule has 10 heteroatoms. The molecule has 0 radical (unpaired) electrons. The number of carbonyl (C=O) groups excluding carboxylic acids is 1. The Morgan fingerprint density at radius 1 is 1.11 bits per heavy atom. The third-order valence-electron chi connectivity index (χ3n) is 4.38. The summed E-state index contributed by atoms with van der Waals surface area (Å²) in [5, 5.41) is 2.35. The molecular formula is C18H16F4N2O3S. The molecule has 1 atom stereocenters. The molecule has 0 spiro atoms. The third kappa shape index (κ3) is 4.17. The number of rotatable bonds is 4. The molecule has 3 rings (SSSR count). The Bertz CT molecular complexity index is 975. The van der Waals surface area contributed by atoms with Gasteiger partial charge >= 0.3 is 6.18 Å². The van der Waals surface area contributed by atoms with Gasteiger partial charge in [-0.3, -0.25) is 4.79 Å². The van der Waals surface area contributed by atoms with Crippen LogP contribution < -0.4 is 5.32 Å². The molecule has 28 heavy (non-hydrogen) atoms. The topological polar surface area (TPSA) is 66.5 Å². The van der Waals surface area contributed by atoms with Crippen molar-refractivity contribution in [2.24, 2.45) is 0 Å². The van der Waals surface area contributed by atoms with Gasteiger partial charge in [0.2, 0.25) is 15.9 Å². The lowest BCUT2D eigenvalue weighted by molar-refractivity contribution is -0.137. The van der Waals surface area contributed by atoms with Crippen molar-refractivity contribution in [3.05, 3.63) is 59.9 Å². The summed E-state index contributed by atoms with van der Waals surface area (Å²) in [6.45, 7) is 0.0837. The third-order valence-corrected chi connectivity index (χ3v) is 6.31. The van der Waals surface area contributed by atoms with Crippen molar-refractivity contribution in [1.29, 1.82) is 0 Å². The van der Waals surface area contributed by atoms with E-state index >= 15 is 0 Å². The summed E-state index contributed by atoms with van der Waals surface area (Å²) in [7, 11) is -4.05. The van der Waals surface area contributed by atoms with E-state index in [9.17, 15) is 30.8 Å². The van der Waals surface area contributed by atoms with Gasteiger partial charge in [-0.05, 0) is 55.3 Å². The summed E-state index contributed by atoms with van der Waals surface area (Å²) in [4.78, 5) is 12.4. The van der Waals surface area contributed by atoms with E-state index in [2.05, 4.69) is 5.32 Å². The van der Waals surface area contributed by atoms with Crippen LogP contribution in [-0.2, 0) is 21.0 Å². The van der Waals surface area contributed by atoms with Crippen molar-refractivity contribution in [2.75, 3.05) is 11.9 Å². The number of alkyl halides is 3. The van der Waals surface area contributed by atoms with Crippen molar-refractivity contribution in [1.82, 2.24) is 4.31 Å². The van der Waals surface area contributed by atoms with E-state index in [-0.39, 0.29) is 23.5 Å². The number of amides is 1. The highest BCUT2D eigenvalue weighted by molar-refractivity contribution is 7.89. The molecule has 1 heterocycles. The number of hydrogen-bond acceptors (Lipinski definition) is 3. The minimum Gasteiger partial charge on any atom is -0.325 e. The highest BCUT2D eigenvalue weighted by atomic mass is 32.2. The predicted molar refractivity (Wildman–Crippen MR) is 93.4 cm³/mol. The van der Waals surface area contributed by atoms with E-state index < -0.39 is 39.5 Å². The van der Waals surface area contributed by atoms with Crippen LogP contribution in [-0.4, -0.2) is 31.2 Å². The SMILES string of the molecule is O=C(Nc1cccc(C(F)(F)F)c1)[C@H]1CCCN1S(=O)(=O)c1ccc(F)cc1. The summed E-state index contributed by atoms with van der Waals surface area (Å²) in [6.07, 6.45) is -3.92. The zero-order valence-corrected chi connectivity index (χ0v) is 15.2. The molecule has 1 N–H and O–H groups in total. The van der Waals surface area contributed by atoms with Gasteiger partial charge in [-0.1, -0.05) is 6.07 Å². The first kappa shape index (κ1) is 20.3. The molecular weight excluding hydrogens is 400 g/mol. The van der Waals surface area contributed by atoms with Crippen LogP contribution in [0.4, 0.5) is 23.2 Å². The van der Waals surface area contributed by atoms with Crippen LogP contribution in [0.5, 0.6) is 0 Å². The number of nitrogens with zero attached hydrogens (tertiary/aromatic N) is 1. The molecule has 150 valence electrons. The summed E-state index contributed by atoms with van der Waals surface area (Å²) in [5.74, 6) is -1.32. The first-order chi connectivity index (χ1) is 13.1. The van der Waals surface area contributed by atoms with Crippen molar-refractivity contribution in [2.45, 2.75) is 30.0 Å². The second-order valence-corrected chi connectivity index (χ2v) is 8.19. The maximum atomic E-state index is 13.1. The maximum Gasteiger partial charge on any atom is 0.416 e. The van der Waals surface area contributed by atoms with E-state index in [1.165, 1.54) is 6.07 Å². The molecule has 1 amide bonds. The van der Waals surface area contributed by atoms with Gasteiger partial charge in [0.15, 0.2) is 0 Å². The lowest BCUT2D eigenvalue weighted by atomic mass is 10.1. The molecule has 1 aliphatic rings. The highest BCUT2D eigenvalue weighted by Crippen LogP contribution is 2.31. The molecule has 0 aromatic heterocycles. The van der Waals surface area contributed by atoms with E-state index in [1.807, 2.05) is 0 Å². The van der Waals surface area contributed by atoms with Crippen LogP contribution in [0.15, 0.2) is 53.4 Å². The molecule has 5 nitrogen and oxygen atoms in total. The van der Waals surface area contributed by atoms with Crippen LogP contribution >= 0.6 is 0 Å². The standard InChI is InChI=1S/C18H16F4N2O3S/c19-13-6-8-15(9-7-13)28(26,27)24-10-2-5-16(24)17(25)23-14-4-1-3-12(11-14)18(20,21)22/h1,3-4,6-9,11,16H,2,5,10H2,(H,23,25)/t16-/m1/s1. The van der Waals surface area contributed by atoms with Gasteiger partial charge < -0.3 is 5.32 Å². The monoisotopic (exact) mass is 416 g/mol. The smallest absolute Gasteiger partial charge is 0.325 e. The van der Waals surface area contributed by atoms with Gasteiger partial charge in [-0.2, -0.15) is 17.5 Å². The van der Waals surface area contributed by atoms with Gasteiger partial charge in [0.25, 0.3) is 0 Å². The Morgan fingerprint density at radius 3 is 2.43 bits per heavy atom. The second-order valence-electron chi connectivity index (χ2n) is 6.30. The fourth-order valence-electron chi connectivity index (χ4n) is 3.03. The van der Waals surface area contributed by atoms with Gasteiger partial charge in [-0.25, -0.2) is 12.8 Å². The number of anilines is 1. The summed E-state index contributed by atoms with van der Waals surface area (Å²) < 4.78 is 78.0. The Kier molecular flexibility index (Phi) is 5.44. The summed E-state index contributed by atoms with van der Waals surface area (Å²) >= 11 is 0. The van der Waals surface area contributed by atoms with Crippen LogP contribution in [0.1, 0.15) is 18.4 Å². The highest BCUT2D eigenvalue weighted by Gasteiger charge is 2.39. The molecule has 0 bridgehead atoms. The molecule has 0 unspecified atom stereocenters. The lowest BCUT2D eigenvalue weighted by Crippen LogP contribution is -2.43. The molecule has 2 aromatic rings.